The molecule has 7 nitrogen and oxygen atoms in total. The number of anilines is 1. The second-order valence-corrected chi connectivity index (χ2v) is 9.61. The Morgan fingerprint density at radius 3 is 2.69 bits per heavy atom. The average Bonchev–Trinajstić information content (AvgIpc) is 3.15. The number of allylic oxidation sites excluding steroid dienone is 4. The summed E-state index contributed by atoms with van der Waals surface area (Å²) in [4.78, 5) is 22.3. The van der Waals surface area contributed by atoms with Crippen LogP contribution in [0.1, 0.15) is 59.6 Å². The number of hydrogen-bond acceptors (Lipinski definition) is 5. The zero-order valence-electron chi connectivity index (χ0n) is 21.7. The van der Waals surface area contributed by atoms with Crippen molar-refractivity contribution < 1.29 is 4.39 Å². The van der Waals surface area contributed by atoms with E-state index in [4.69, 9.17) is 10.1 Å². The van der Waals surface area contributed by atoms with E-state index in [1.54, 1.807) is 17.7 Å². The third-order valence-corrected chi connectivity index (χ3v) is 6.40. The van der Waals surface area contributed by atoms with Crippen molar-refractivity contribution in [2.75, 3.05) is 5.32 Å². The highest BCUT2D eigenvalue weighted by Gasteiger charge is 2.22. The number of aryl methyl sites for hydroxylation is 1. The number of dihydropyridines is 1. The number of aliphatic imine (C=N–C) groups is 1. The molecule has 1 aliphatic heterocycles. The summed E-state index contributed by atoms with van der Waals surface area (Å²) in [5.41, 5.74) is 2.84. The molecule has 3 heterocycles. The van der Waals surface area contributed by atoms with Crippen LogP contribution < -0.4 is 10.9 Å². The minimum absolute atomic E-state index is 0.1000. The Kier molecular flexibility index (Phi) is 8.25. The van der Waals surface area contributed by atoms with Crippen molar-refractivity contribution in [2.45, 2.75) is 78.4 Å². The minimum Gasteiger partial charge on any atom is -0.351 e. The van der Waals surface area contributed by atoms with Crippen molar-refractivity contribution in [3.63, 3.8) is 0 Å². The molecule has 1 N–H and O–H groups in total. The van der Waals surface area contributed by atoms with Crippen LogP contribution in [0, 0.1) is 0 Å². The number of rotatable bonds is 10. The maximum absolute atomic E-state index is 13.3. The Labute approximate surface area is 206 Å². The van der Waals surface area contributed by atoms with E-state index < -0.39 is 0 Å². The fourth-order valence-electron chi connectivity index (χ4n) is 3.92. The number of halogens is 1. The molecule has 1 unspecified atom stereocenters. The topological polar surface area (TPSA) is 77.1 Å². The Morgan fingerprint density at radius 2 is 2.09 bits per heavy atom. The molecule has 0 fully saturated rings. The average molecular weight is 481 g/mol. The first-order chi connectivity index (χ1) is 16.6. The maximum Gasteiger partial charge on any atom is 0.266 e. The van der Waals surface area contributed by atoms with Crippen molar-refractivity contribution in [3.8, 4) is 0 Å². The van der Waals surface area contributed by atoms with Crippen LogP contribution in [0.5, 0.6) is 0 Å². The van der Waals surface area contributed by atoms with E-state index in [-0.39, 0.29) is 23.0 Å². The molecule has 0 saturated heterocycles. The lowest BCUT2D eigenvalue weighted by molar-refractivity contribution is 0.536. The van der Waals surface area contributed by atoms with Gasteiger partial charge >= 0.3 is 0 Å². The van der Waals surface area contributed by atoms with E-state index in [1.165, 1.54) is 6.21 Å². The standard InChI is InChI=1S/C27H37FN6O/c1-8-11-22-23-24(30-26(33(7)25(23)35)31-27(5,6)10-3)32-34(22)17-18(4)12-13-19(9-2)21-15-14-20(28)16-29-21/h9,12-14,16,21H,4,8,10-11,15,17H2,1-3,5-7H3,(H,30,31,32)/b13-12-,19-9+. The smallest absolute Gasteiger partial charge is 0.266 e. The van der Waals surface area contributed by atoms with Gasteiger partial charge in [0.1, 0.15) is 11.2 Å². The molecular formula is C27H37FN6O. The van der Waals surface area contributed by atoms with Crippen LogP contribution in [-0.2, 0) is 20.0 Å². The van der Waals surface area contributed by atoms with Gasteiger partial charge in [0.25, 0.3) is 5.56 Å². The lowest BCUT2D eigenvalue weighted by Crippen LogP contribution is -2.34. The van der Waals surface area contributed by atoms with Crippen molar-refractivity contribution in [1.82, 2.24) is 19.3 Å². The van der Waals surface area contributed by atoms with Gasteiger partial charge in [0.05, 0.1) is 24.5 Å². The monoisotopic (exact) mass is 480 g/mol. The van der Waals surface area contributed by atoms with Gasteiger partial charge in [-0.3, -0.25) is 19.0 Å². The molecule has 0 aromatic carbocycles. The highest BCUT2D eigenvalue weighted by atomic mass is 19.1. The number of nitrogens with one attached hydrogen (secondary N) is 1. The zero-order valence-corrected chi connectivity index (χ0v) is 21.7. The number of hydrogen-bond donors (Lipinski definition) is 1. The van der Waals surface area contributed by atoms with Crippen LogP contribution in [0.25, 0.3) is 11.0 Å². The van der Waals surface area contributed by atoms with Crippen LogP contribution in [0.4, 0.5) is 10.3 Å². The first-order valence-corrected chi connectivity index (χ1v) is 12.3. The second-order valence-electron chi connectivity index (χ2n) is 9.61. The quantitative estimate of drug-likeness (QED) is 0.460. The van der Waals surface area contributed by atoms with E-state index in [9.17, 15) is 9.18 Å². The van der Waals surface area contributed by atoms with Crippen LogP contribution in [-0.4, -0.2) is 37.1 Å². The molecule has 0 amide bonds. The van der Waals surface area contributed by atoms with Crippen molar-refractivity contribution >= 4 is 23.2 Å². The van der Waals surface area contributed by atoms with Gasteiger partial charge in [-0.05, 0) is 57.3 Å². The lowest BCUT2D eigenvalue weighted by atomic mass is 10.0. The Bertz CT molecular complexity index is 1270. The second kappa shape index (κ2) is 11.0. The van der Waals surface area contributed by atoms with Gasteiger partial charge in [0.2, 0.25) is 5.95 Å². The Hall–Kier alpha value is -3.29. The summed E-state index contributed by atoms with van der Waals surface area (Å²) in [7, 11) is 1.74. The molecule has 1 atom stereocenters. The van der Waals surface area contributed by atoms with Gasteiger partial charge in [-0.2, -0.15) is 10.1 Å². The molecular weight excluding hydrogens is 443 g/mol. The first kappa shape index (κ1) is 26.3. The summed E-state index contributed by atoms with van der Waals surface area (Å²) in [5, 5.41) is 8.64. The Balaban J connectivity index is 1.90. The number of fused-ring (bicyclic) bond motifs is 1. The fraction of sp³-hybridized carbons (Fsp3) is 0.481. The van der Waals surface area contributed by atoms with Crippen LogP contribution in [0.2, 0.25) is 0 Å². The third-order valence-electron chi connectivity index (χ3n) is 6.40. The minimum atomic E-state index is -0.296. The van der Waals surface area contributed by atoms with Gasteiger partial charge in [-0.25, -0.2) is 4.39 Å². The molecule has 2 aromatic rings. The zero-order chi connectivity index (χ0) is 25.8. The molecule has 0 aliphatic carbocycles. The lowest BCUT2D eigenvalue weighted by Gasteiger charge is -2.25. The molecule has 0 spiro atoms. The largest absolute Gasteiger partial charge is 0.351 e. The molecule has 0 radical (unpaired) electrons. The third kappa shape index (κ3) is 6.05. The van der Waals surface area contributed by atoms with Gasteiger partial charge in [-0.1, -0.05) is 45.1 Å². The van der Waals surface area contributed by atoms with Gasteiger partial charge < -0.3 is 5.32 Å². The molecule has 35 heavy (non-hydrogen) atoms. The van der Waals surface area contributed by atoms with E-state index in [0.29, 0.717) is 36.4 Å². The molecule has 188 valence electrons. The number of nitrogens with zero attached hydrogens (tertiary/aromatic N) is 5. The van der Waals surface area contributed by atoms with Gasteiger partial charge in [0, 0.05) is 12.6 Å². The van der Waals surface area contributed by atoms with Crippen molar-refractivity contribution in [3.05, 3.63) is 63.9 Å². The normalized spacial score (nSPS) is 16.8. The van der Waals surface area contributed by atoms with Crippen LogP contribution in [0.3, 0.4) is 0 Å². The molecule has 8 heteroatoms. The van der Waals surface area contributed by atoms with Gasteiger partial charge in [0.15, 0.2) is 5.65 Å². The predicted molar refractivity (Wildman–Crippen MR) is 143 cm³/mol. The SMILES string of the molecule is C=C(/C=C\C(=C/C)C1CC=C(F)C=N1)Cn1nc2nc(NC(C)(C)CC)n(C)c(=O)c2c1CCC. The summed E-state index contributed by atoms with van der Waals surface area (Å²) in [5.74, 6) is 0.215. The van der Waals surface area contributed by atoms with E-state index in [1.807, 2.05) is 29.8 Å². The predicted octanol–water partition coefficient (Wildman–Crippen LogP) is 5.44. The van der Waals surface area contributed by atoms with E-state index >= 15 is 0 Å². The van der Waals surface area contributed by atoms with Crippen LogP contribution >= 0.6 is 0 Å². The fourth-order valence-corrected chi connectivity index (χ4v) is 3.92. The number of aromatic nitrogens is 4. The Morgan fingerprint density at radius 1 is 1.34 bits per heavy atom. The summed E-state index contributed by atoms with van der Waals surface area (Å²) < 4.78 is 16.7. The van der Waals surface area contributed by atoms with Crippen molar-refractivity contribution in [1.29, 1.82) is 0 Å². The summed E-state index contributed by atoms with van der Waals surface area (Å²) >= 11 is 0. The van der Waals surface area contributed by atoms with Crippen molar-refractivity contribution in [2.24, 2.45) is 12.0 Å². The molecule has 1 aliphatic rings. The molecule has 2 aromatic heterocycles. The van der Waals surface area contributed by atoms with E-state index in [0.717, 1.165) is 29.7 Å². The summed E-state index contributed by atoms with van der Waals surface area (Å²) in [6.45, 7) is 14.9. The maximum atomic E-state index is 13.3. The summed E-state index contributed by atoms with van der Waals surface area (Å²) in [6.07, 6.45) is 11.7. The molecule has 0 bridgehead atoms. The molecule has 0 saturated carbocycles. The first-order valence-electron chi connectivity index (χ1n) is 12.3. The van der Waals surface area contributed by atoms with Crippen LogP contribution in [0.15, 0.2) is 57.6 Å². The highest BCUT2D eigenvalue weighted by Crippen LogP contribution is 2.22. The highest BCUT2D eigenvalue weighted by molar-refractivity contribution is 5.78. The van der Waals surface area contributed by atoms with E-state index in [2.05, 4.69) is 44.6 Å². The van der Waals surface area contributed by atoms with Gasteiger partial charge in [-0.15, -0.1) is 0 Å². The molecule has 3 rings (SSSR count). The summed E-state index contributed by atoms with van der Waals surface area (Å²) in [6, 6.07) is -0.1000.